The fraction of sp³-hybridized carbons (Fsp3) is 0.538. The second-order valence-corrected chi connectivity index (χ2v) is 5.40. The average molecular weight is 302 g/mol. The molecule has 1 aromatic carbocycles. The van der Waals surface area contributed by atoms with Crippen molar-refractivity contribution in [2.75, 3.05) is 7.11 Å². The highest BCUT2D eigenvalue weighted by Crippen LogP contribution is 2.35. The average Bonchev–Trinajstić information content (AvgIpc) is 2.29. The maximum atomic E-state index is 9.70. The topological polar surface area (TPSA) is 41.5 Å². The maximum absolute atomic E-state index is 9.70. The summed E-state index contributed by atoms with van der Waals surface area (Å²) >= 11 is 3.32. The third-order valence-electron chi connectivity index (χ3n) is 2.94. The third-order valence-corrected chi connectivity index (χ3v) is 3.54. The van der Waals surface area contributed by atoms with E-state index in [0.717, 1.165) is 12.1 Å². The van der Waals surface area contributed by atoms with E-state index in [-0.39, 0.29) is 5.75 Å². The van der Waals surface area contributed by atoms with Crippen molar-refractivity contribution in [2.24, 2.45) is 5.92 Å². The van der Waals surface area contributed by atoms with Crippen LogP contribution < -0.4 is 10.1 Å². The SMILES string of the molecule is COc1cc(CNC(C)C(C)C)cc(Br)c1O. The molecule has 17 heavy (non-hydrogen) atoms. The van der Waals surface area contributed by atoms with Crippen molar-refractivity contribution in [3.8, 4) is 11.5 Å². The first-order valence-electron chi connectivity index (χ1n) is 5.74. The molecule has 0 aliphatic carbocycles. The number of ether oxygens (including phenoxy) is 1. The first kappa shape index (κ1) is 14.3. The van der Waals surface area contributed by atoms with Gasteiger partial charge in [0, 0.05) is 12.6 Å². The number of aromatic hydroxyl groups is 1. The zero-order chi connectivity index (χ0) is 13.0. The first-order valence-corrected chi connectivity index (χ1v) is 6.53. The lowest BCUT2D eigenvalue weighted by Crippen LogP contribution is -2.30. The molecule has 0 radical (unpaired) electrons. The van der Waals surface area contributed by atoms with Crippen LogP contribution in [0.1, 0.15) is 26.3 Å². The van der Waals surface area contributed by atoms with E-state index in [2.05, 4.69) is 42.0 Å². The number of phenols is 1. The molecule has 0 saturated carbocycles. The molecule has 0 saturated heterocycles. The number of rotatable bonds is 5. The number of halogens is 1. The fourth-order valence-corrected chi connectivity index (χ4v) is 1.89. The number of hydrogen-bond donors (Lipinski definition) is 2. The molecule has 1 unspecified atom stereocenters. The van der Waals surface area contributed by atoms with Crippen LogP contribution in [0.2, 0.25) is 0 Å². The van der Waals surface area contributed by atoms with Gasteiger partial charge in [0.15, 0.2) is 11.5 Å². The van der Waals surface area contributed by atoms with Gasteiger partial charge in [0.25, 0.3) is 0 Å². The normalized spacial score (nSPS) is 12.8. The molecule has 2 N–H and O–H groups in total. The Balaban J connectivity index is 2.75. The standard InChI is InChI=1S/C13H20BrNO2/c1-8(2)9(3)15-7-10-5-11(14)13(16)12(6-10)17-4/h5-6,8-9,15-16H,7H2,1-4H3. The van der Waals surface area contributed by atoms with Crippen molar-refractivity contribution in [2.45, 2.75) is 33.4 Å². The van der Waals surface area contributed by atoms with E-state index in [1.54, 1.807) is 7.11 Å². The van der Waals surface area contributed by atoms with Crippen molar-refractivity contribution in [3.63, 3.8) is 0 Å². The van der Waals surface area contributed by atoms with Gasteiger partial charge >= 0.3 is 0 Å². The highest BCUT2D eigenvalue weighted by molar-refractivity contribution is 9.10. The van der Waals surface area contributed by atoms with Crippen LogP contribution in [0.5, 0.6) is 11.5 Å². The Labute approximate surface area is 111 Å². The van der Waals surface area contributed by atoms with E-state index in [9.17, 15) is 5.11 Å². The van der Waals surface area contributed by atoms with Gasteiger partial charge in [-0.15, -0.1) is 0 Å². The zero-order valence-electron chi connectivity index (χ0n) is 10.7. The van der Waals surface area contributed by atoms with Gasteiger partial charge in [0.1, 0.15) is 0 Å². The summed E-state index contributed by atoms with van der Waals surface area (Å²) in [5.41, 5.74) is 1.08. The highest BCUT2D eigenvalue weighted by atomic mass is 79.9. The van der Waals surface area contributed by atoms with Gasteiger partial charge in [-0.1, -0.05) is 13.8 Å². The van der Waals surface area contributed by atoms with Crippen molar-refractivity contribution >= 4 is 15.9 Å². The second kappa shape index (κ2) is 6.26. The minimum atomic E-state index is 0.146. The third kappa shape index (κ3) is 3.89. The molecule has 1 rings (SSSR count). The van der Waals surface area contributed by atoms with Crippen LogP contribution in [0.25, 0.3) is 0 Å². The lowest BCUT2D eigenvalue weighted by atomic mass is 10.1. The zero-order valence-corrected chi connectivity index (χ0v) is 12.3. The molecule has 0 heterocycles. The Morgan fingerprint density at radius 3 is 2.53 bits per heavy atom. The molecule has 0 spiro atoms. The van der Waals surface area contributed by atoms with Crippen LogP contribution in [0.15, 0.2) is 16.6 Å². The van der Waals surface area contributed by atoms with Crippen molar-refractivity contribution < 1.29 is 9.84 Å². The number of nitrogens with one attached hydrogen (secondary N) is 1. The van der Waals surface area contributed by atoms with Crippen LogP contribution in [0.3, 0.4) is 0 Å². The molecule has 0 fully saturated rings. The van der Waals surface area contributed by atoms with E-state index >= 15 is 0 Å². The monoisotopic (exact) mass is 301 g/mol. The summed E-state index contributed by atoms with van der Waals surface area (Å²) in [6.07, 6.45) is 0. The predicted molar refractivity (Wildman–Crippen MR) is 73.5 cm³/mol. The smallest absolute Gasteiger partial charge is 0.172 e. The van der Waals surface area contributed by atoms with Crippen molar-refractivity contribution in [1.82, 2.24) is 5.32 Å². The van der Waals surface area contributed by atoms with Gasteiger partial charge in [0.2, 0.25) is 0 Å². The lowest BCUT2D eigenvalue weighted by Gasteiger charge is -2.18. The molecule has 1 atom stereocenters. The Bertz CT molecular complexity index is 380. The van der Waals surface area contributed by atoms with Crippen LogP contribution in [-0.2, 0) is 6.54 Å². The molecule has 4 heteroatoms. The minimum absolute atomic E-state index is 0.146. The molecular weight excluding hydrogens is 282 g/mol. The minimum Gasteiger partial charge on any atom is -0.503 e. The molecule has 0 aliphatic rings. The molecule has 0 aromatic heterocycles. The summed E-state index contributed by atoms with van der Waals surface area (Å²) in [5, 5.41) is 13.1. The molecular formula is C13H20BrNO2. The van der Waals surface area contributed by atoms with Crippen LogP contribution in [0.4, 0.5) is 0 Å². The van der Waals surface area contributed by atoms with E-state index < -0.39 is 0 Å². The molecule has 1 aromatic rings. The quantitative estimate of drug-likeness (QED) is 0.877. The summed E-state index contributed by atoms with van der Waals surface area (Å²) in [6, 6.07) is 4.20. The molecule has 0 amide bonds. The Morgan fingerprint density at radius 2 is 2.00 bits per heavy atom. The highest BCUT2D eigenvalue weighted by Gasteiger charge is 2.10. The van der Waals surface area contributed by atoms with Crippen LogP contribution in [0, 0.1) is 5.92 Å². The molecule has 96 valence electrons. The Hall–Kier alpha value is -0.740. The maximum Gasteiger partial charge on any atom is 0.172 e. The van der Waals surface area contributed by atoms with Gasteiger partial charge < -0.3 is 15.2 Å². The Morgan fingerprint density at radius 1 is 1.35 bits per heavy atom. The molecule has 0 bridgehead atoms. The molecule has 3 nitrogen and oxygen atoms in total. The van der Waals surface area contributed by atoms with Crippen molar-refractivity contribution in [1.29, 1.82) is 0 Å². The summed E-state index contributed by atoms with van der Waals surface area (Å²) in [4.78, 5) is 0. The summed E-state index contributed by atoms with van der Waals surface area (Å²) in [6.45, 7) is 7.29. The largest absolute Gasteiger partial charge is 0.503 e. The summed E-state index contributed by atoms with van der Waals surface area (Å²) in [7, 11) is 1.55. The van der Waals surface area contributed by atoms with Gasteiger partial charge in [-0.05, 0) is 46.5 Å². The second-order valence-electron chi connectivity index (χ2n) is 4.54. The number of phenolic OH excluding ortho intramolecular Hbond substituents is 1. The van der Waals surface area contributed by atoms with Gasteiger partial charge in [-0.25, -0.2) is 0 Å². The number of methoxy groups -OCH3 is 1. The lowest BCUT2D eigenvalue weighted by molar-refractivity contribution is 0.370. The van der Waals surface area contributed by atoms with Crippen LogP contribution in [-0.4, -0.2) is 18.3 Å². The van der Waals surface area contributed by atoms with E-state index in [0.29, 0.717) is 22.2 Å². The van der Waals surface area contributed by atoms with E-state index in [1.165, 1.54) is 0 Å². The van der Waals surface area contributed by atoms with Crippen LogP contribution >= 0.6 is 15.9 Å². The van der Waals surface area contributed by atoms with E-state index in [4.69, 9.17) is 4.74 Å². The number of hydrogen-bond acceptors (Lipinski definition) is 3. The summed E-state index contributed by atoms with van der Waals surface area (Å²) < 4.78 is 5.77. The van der Waals surface area contributed by atoms with Crippen molar-refractivity contribution in [3.05, 3.63) is 22.2 Å². The molecule has 0 aliphatic heterocycles. The van der Waals surface area contributed by atoms with E-state index in [1.807, 2.05) is 12.1 Å². The Kier molecular flexibility index (Phi) is 5.28. The number of benzene rings is 1. The summed E-state index contributed by atoms with van der Waals surface area (Å²) in [5.74, 6) is 1.24. The first-order chi connectivity index (χ1) is 7.95. The van der Waals surface area contributed by atoms with Gasteiger partial charge in [-0.2, -0.15) is 0 Å². The van der Waals surface area contributed by atoms with Gasteiger partial charge in [-0.3, -0.25) is 0 Å². The van der Waals surface area contributed by atoms with Gasteiger partial charge in [0.05, 0.1) is 11.6 Å². The predicted octanol–water partition coefficient (Wildman–Crippen LogP) is 3.30. The fourth-order valence-electron chi connectivity index (χ4n) is 1.40.